The molecule has 0 aliphatic carbocycles. The molecule has 0 spiro atoms. The number of hydrogen-bond acceptors (Lipinski definition) is 2. The summed E-state index contributed by atoms with van der Waals surface area (Å²) in [5.41, 5.74) is -0.940. The summed E-state index contributed by atoms with van der Waals surface area (Å²) < 4.78 is 38.3. The van der Waals surface area contributed by atoms with E-state index in [1.807, 2.05) is 36.4 Å². The van der Waals surface area contributed by atoms with Crippen LogP contribution in [0.15, 0.2) is 30.3 Å². The zero-order chi connectivity index (χ0) is 14.5. The minimum Gasteiger partial charge on any atom is -0.298 e. The molecule has 1 atom stereocenters. The number of rotatable bonds is 5. The largest absolute Gasteiger partial charge is 0.394 e. The first kappa shape index (κ1) is 15.5. The predicted molar refractivity (Wildman–Crippen MR) is 67.1 cm³/mol. The Morgan fingerprint density at radius 1 is 1.21 bits per heavy atom. The van der Waals surface area contributed by atoms with E-state index in [2.05, 4.69) is 5.32 Å². The quantitative estimate of drug-likeness (QED) is 0.886. The Morgan fingerprint density at radius 2 is 1.79 bits per heavy atom. The standard InChI is InChI=1S/C14H17F3N2/c1-13(2,14(15,16)17)8-12(9-18)19-10-11-6-4-3-5-7-11/h3-7,12,19H,8,10H2,1-2H3. The van der Waals surface area contributed by atoms with Crippen LogP contribution >= 0.6 is 0 Å². The molecule has 0 saturated heterocycles. The van der Waals surface area contributed by atoms with Crippen molar-refractivity contribution in [2.24, 2.45) is 5.41 Å². The lowest BCUT2D eigenvalue weighted by Crippen LogP contribution is -2.39. The van der Waals surface area contributed by atoms with E-state index in [-0.39, 0.29) is 6.42 Å². The molecule has 0 aliphatic rings. The smallest absolute Gasteiger partial charge is 0.298 e. The van der Waals surface area contributed by atoms with Crippen LogP contribution in [0.2, 0.25) is 0 Å². The molecule has 0 radical (unpaired) electrons. The first-order chi connectivity index (χ1) is 8.76. The summed E-state index contributed by atoms with van der Waals surface area (Å²) in [5.74, 6) is 0. The second kappa shape index (κ2) is 6.07. The summed E-state index contributed by atoms with van der Waals surface area (Å²) in [4.78, 5) is 0. The lowest BCUT2D eigenvalue weighted by atomic mass is 9.85. The van der Waals surface area contributed by atoms with Gasteiger partial charge in [0.15, 0.2) is 0 Å². The first-order valence-electron chi connectivity index (χ1n) is 6.00. The number of nitriles is 1. The zero-order valence-electron chi connectivity index (χ0n) is 11.0. The fourth-order valence-corrected chi connectivity index (χ4v) is 1.63. The molecule has 0 fully saturated rings. The minimum atomic E-state index is -4.31. The number of nitrogens with zero attached hydrogens (tertiary/aromatic N) is 1. The molecule has 1 N–H and O–H groups in total. The summed E-state index contributed by atoms with van der Waals surface area (Å²) in [6.45, 7) is 2.61. The first-order valence-corrected chi connectivity index (χ1v) is 6.00. The van der Waals surface area contributed by atoms with Crippen molar-refractivity contribution in [1.82, 2.24) is 5.32 Å². The normalized spacial score (nSPS) is 13.9. The Hall–Kier alpha value is -1.54. The van der Waals surface area contributed by atoms with Crippen molar-refractivity contribution in [2.75, 3.05) is 0 Å². The zero-order valence-corrected chi connectivity index (χ0v) is 11.0. The summed E-state index contributed by atoms with van der Waals surface area (Å²) in [5, 5.41) is 11.8. The Morgan fingerprint density at radius 3 is 2.26 bits per heavy atom. The number of benzene rings is 1. The van der Waals surface area contributed by atoms with E-state index in [4.69, 9.17) is 5.26 Å². The van der Waals surface area contributed by atoms with Crippen LogP contribution in [-0.2, 0) is 6.54 Å². The Kier molecular flexibility index (Phi) is 4.96. The Bertz CT molecular complexity index is 432. The minimum absolute atomic E-state index is 0.264. The van der Waals surface area contributed by atoms with Crippen LogP contribution in [0.25, 0.3) is 0 Å². The maximum atomic E-state index is 12.8. The van der Waals surface area contributed by atoms with Crippen LogP contribution in [0.3, 0.4) is 0 Å². The molecule has 1 aromatic carbocycles. The molecule has 0 bridgehead atoms. The van der Waals surface area contributed by atoms with Crippen molar-refractivity contribution in [3.8, 4) is 6.07 Å². The molecule has 19 heavy (non-hydrogen) atoms. The molecule has 1 unspecified atom stereocenters. The fourth-order valence-electron chi connectivity index (χ4n) is 1.63. The third-order valence-electron chi connectivity index (χ3n) is 3.03. The van der Waals surface area contributed by atoms with Crippen LogP contribution in [0.1, 0.15) is 25.8 Å². The van der Waals surface area contributed by atoms with E-state index < -0.39 is 17.6 Å². The van der Waals surface area contributed by atoms with Gasteiger partial charge in [-0.15, -0.1) is 0 Å². The number of alkyl halides is 3. The summed E-state index contributed by atoms with van der Waals surface area (Å²) in [7, 11) is 0. The number of nitrogens with one attached hydrogen (secondary N) is 1. The summed E-state index contributed by atoms with van der Waals surface area (Å²) in [6.07, 6.45) is -4.57. The van der Waals surface area contributed by atoms with E-state index in [0.717, 1.165) is 19.4 Å². The molecule has 2 nitrogen and oxygen atoms in total. The molecule has 0 saturated carbocycles. The highest BCUT2D eigenvalue weighted by atomic mass is 19.4. The van der Waals surface area contributed by atoms with Crippen LogP contribution in [0.5, 0.6) is 0 Å². The number of hydrogen-bond donors (Lipinski definition) is 1. The second-order valence-electron chi connectivity index (χ2n) is 5.13. The van der Waals surface area contributed by atoms with Gasteiger partial charge in [0.25, 0.3) is 0 Å². The average molecular weight is 270 g/mol. The Labute approximate surface area is 111 Å². The van der Waals surface area contributed by atoms with E-state index in [9.17, 15) is 13.2 Å². The van der Waals surface area contributed by atoms with Crippen LogP contribution in [-0.4, -0.2) is 12.2 Å². The van der Waals surface area contributed by atoms with E-state index in [1.54, 1.807) is 0 Å². The van der Waals surface area contributed by atoms with Gasteiger partial charge < -0.3 is 0 Å². The maximum Gasteiger partial charge on any atom is 0.394 e. The highest BCUT2D eigenvalue weighted by Crippen LogP contribution is 2.40. The average Bonchev–Trinajstić information content (AvgIpc) is 2.34. The molecule has 5 heteroatoms. The van der Waals surface area contributed by atoms with Crippen LogP contribution in [0, 0.1) is 16.7 Å². The van der Waals surface area contributed by atoms with Gasteiger partial charge in [-0.1, -0.05) is 44.2 Å². The molecular weight excluding hydrogens is 253 g/mol. The van der Waals surface area contributed by atoms with Gasteiger partial charge in [-0.25, -0.2) is 0 Å². The van der Waals surface area contributed by atoms with E-state index >= 15 is 0 Å². The summed E-state index contributed by atoms with van der Waals surface area (Å²) in [6, 6.07) is 10.3. The lowest BCUT2D eigenvalue weighted by Gasteiger charge is -2.29. The van der Waals surface area contributed by atoms with Crippen LogP contribution in [0.4, 0.5) is 13.2 Å². The highest BCUT2D eigenvalue weighted by Gasteiger charge is 2.48. The predicted octanol–water partition coefficient (Wildman–Crippen LogP) is 3.65. The van der Waals surface area contributed by atoms with Crippen molar-refractivity contribution < 1.29 is 13.2 Å². The van der Waals surface area contributed by atoms with Gasteiger partial charge in [0, 0.05) is 6.54 Å². The van der Waals surface area contributed by atoms with Gasteiger partial charge >= 0.3 is 6.18 Å². The van der Waals surface area contributed by atoms with Crippen molar-refractivity contribution >= 4 is 0 Å². The van der Waals surface area contributed by atoms with Gasteiger partial charge in [0.05, 0.1) is 17.5 Å². The third kappa shape index (κ3) is 4.56. The Balaban J connectivity index is 2.59. The van der Waals surface area contributed by atoms with Gasteiger partial charge in [-0.3, -0.25) is 5.32 Å². The fraction of sp³-hybridized carbons (Fsp3) is 0.500. The summed E-state index contributed by atoms with van der Waals surface area (Å²) >= 11 is 0. The van der Waals surface area contributed by atoms with Crippen molar-refractivity contribution in [2.45, 2.75) is 39.0 Å². The topological polar surface area (TPSA) is 35.8 Å². The van der Waals surface area contributed by atoms with Gasteiger partial charge in [0.2, 0.25) is 0 Å². The molecule has 104 valence electrons. The van der Waals surface area contributed by atoms with Crippen molar-refractivity contribution in [1.29, 1.82) is 5.26 Å². The molecule has 1 aromatic rings. The second-order valence-corrected chi connectivity index (χ2v) is 5.13. The van der Waals surface area contributed by atoms with Crippen LogP contribution < -0.4 is 5.32 Å². The molecular formula is C14H17F3N2. The lowest BCUT2D eigenvalue weighted by molar-refractivity contribution is -0.214. The van der Waals surface area contributed by atoms with Gasteiger partial charge in [0.1, 0.15) is 0 Å². The third-order valence-corrected chi connectivity index (χ3v) is 3.03. The number of halogens is 3. The molecule has 0 amide bonds. The SMILES string of the molecule is CC(C)(CC(C#N)NCc1ccccc1)C(F)(F)F. The van der Waals surface area contributed by atoms with E-state index in [0.29, 0.717) is 6.54 Å². The highest BCUT2D eigenvalue weighted by molar-refractivity contribution is 5.14. The van der Waals surface area contributed by atoms with E-state index in [1.165, 1.54) is 0 Å². The van der Waals surface area contributed by atoms with Crippen molar-refractivity contribution in [3.63, 3.8) is 0 Å². The molecule has 1 rings (SSSR count). The molecule has 0 aromatic heterocycles. The van der Waals surface area contributed by atoms with Crippen molar-refractivity contribution in [3.05, 3.63) is 35.9 Å². The van der Waals surface area contributed by atoms with Gasteiger partial charge in [-0.05, 0) is 12.0 Å². The molecule has 0 aliphatic heterocycles. The molecule has 0 heterocycles. The maximum absolute atomic E-state index is 12.8. The monoisotopic (exact) mass is 270 g/mol. The van der Waals surface area contributed by atoms with Gasteiger partial charge in [-0.2, -0.15) is 18.4 Å².